The molecule has 0 saturated heterocycles. The molecule has 0 aliphatic carbocycles. The van der Waals surface area contributed by atoms with Gasteiger partial charge < -0.3 is 9.47 Å². The number of nitro benzene ring substituents is 1. The van der Waals surface area contributed by atoms with Crippen LogP contribution in [0, 0.1) is 10.1 Å². The molecule has 0 bridgehead atoms. The highest BCUT2D eigenvalue weighted by molar-refractivity contribution is 6.21. The standard InChI is InChI=1S/C18H14N2O7/c1-26-16-14(7-6-11(10-21)15(16)20(24)25)27-9-8-19-17(22)12-4-2-3-5-13(12)18(19)23/h2-7,10H,8-9H2,1H3. The van der Waals surface area contributed by atoms with Crippen molar-refractivity contribution in [3.63, 3.8) is 0 Å². The summed E-state index contributed by atoms with van der Waals surface area (Å²) in [6, 6.07) is 9.08. The minimum absolute atomic E-state index is 0.0337. The van der Waals surface area contributed by atoms with E-state index in [1.165, 1.54) is 19.2 Å². The molecule has 0 fully saturated rings. The number of rotatable bonds is 7. The molecule has 0 saturated carbocycles. The number of nitro groups is 1. The predicted octanol–water partition coefficient (Wildman–Crippen LogP) is 2.09. The van der Waals surface area contributed by atoms with Gasteiger partial charge in [0.2, 0.25) is 5.75 Å². The fraction of sp³-hybridized carbons (Fsp3) is 0.167. The zero-order chi connectivity index (χ0) is 19.6. The number of nitrogens with zero attached hydrogens (tertiary/aromatic N) is 2. The van der Waals surface area contributed by atoms with Gasteiger partial charge in [-0.3, -0.25) is 29.4 Å². The van der Waals surface area contributed by atoms with Crippen LogP contribution in [0.25, 0.3) is 0 Å². The molecular weight excluding hydrogens is 356 g/mol. The Bertz CT molecular complexity index is 920. The third kappa shape index (κ3) is 3.10. The Labute approximate surface area is 153 Å². The van der Waals surface area contributed by atoms with Crippen molar-refractivity contribution in [2.24, 2.45) is 0 Å². The van der Waals surface area contributed by atoms with Gasteiger partial charge >= 0.3 is 5.69 Å². The summed E-state index contributed by atoms with van der Waals surface area (Å²) in [4.78, 5) is 47.1. The fourth-order valence-electron chi connectivity index (χ4n) is 2.85. The van der Waals surface area contributed by atoms with Gasteiger partial charge in [-0.1, -0.05) is 12.1 Å². The van der Waals surface area contributed by atoms with E-state index in [1.807, 2.05) is 0 Å². The maximum atomic E-state index is 12.3. The molecule has 2 aromatic rings. The summed E-state index contributed by atoms with van der Waals surface area (Å²) in [5, 5.41) is 11.2. The third-order valence-corrected chi connectivity index (χ3v) is 4.09. The van der Waals surface area contributed by atoms with Gasteiger partial charge in [0.25, 0.3) is 11.8 Å². The fourth-order valence-corrected chi connectivity index (χ4v) is 2.85. The lowest BCUT2D eigenvalue weighted by Gasteiger charge is -2.16. The molecule has 1 heterocycles. The average molecular weight is 370 g/mol. The molecular formula is C18H14N2O7. The van der Waals surface area contributed by atoms with E-state index in [9.17, 15) is 24.5 Å². The second kappa shape index (κ2) is 7.24. The molecule has 0 radical (unpaired) electrons. The molecule has 0 N–H and O–H groups in total. The van der Waals surface area contributed by atoms with Crippen LogP contribution in [0.5, 0.6) is 11.5 Å². The number of methoxy groups -OCH3 is 1. The average Bonchev–Trinajstić information content (AvgIpc) is 2.92. The van der Waals surface area contributed by atoms with Gasteiger partial charge in [-0.05, 0) is 24.3 Å². The molecule has 1 aliphatic heterocycles. The van der Waals surface area contributed by atoms with E-state index in [4.69, 9.17) is 9.47 Å². The van der Waals surface area contributed by atoms with Crippen LogP contribution in [0.4, 0.5) is 5.69 Å². The number of benzene rings is 2. The smallest absolute Gasteiger partial charge is 0.325 e. The van der Waals surface area contributed by atoms with Crippen LogP contribution < -0.4 is 9.47 Å². The molecule has 3 rings (SSSR count). The Kier molecular flexibility index (Phi) is 4.84. The molecule has 2 amide bonds. The van der Waals surface area contributed by atoms with Gasteiger partial charge in [0.05, 0.1) is 35.3 Å². The maximum absolute atomic E-state index is 12.3. The monoisotopic (exact) mass is 370 g/mol. The molecule has 2 aromatic carbocycles. The first-order chi connectivity index (χ1) is 13.0. The predicted molar refractivity (Wildman–Crippen MR) is 92.3 cm³/mol. The lowest BCUT2D eigenvalue weighted by atomic mass is 10.1. The minimum Gasteiger partial charge on any atom is -0.488 e. The highest BCUT2D eigenvalue weighted by Gasteiger charge is 2.35. The Hall–Kier alpha value is -3.75. The molecule has 0 aromatic heterocycles. The van der Waals surface area contributed by atoms with E-state index in [-0.39, 0.29) is 30.2 Å². The van der Waals surface area contributed by atoms with Crippen LogP contribution in [-0.2, 0) is 0 Å². The summed E-state index contributed by atoms with van der Waals surface area (Å²) >= 11 is 0. The molecule has 1 aliphatic rings. The van der Waals surface area contributed by atoms with E-state index < -0.39 is 22.4 Å². The Balaban J connectivity index is 1.76. The van der Waals surface area contributed by atoms with E-state index in [0.717, 1.165) is 4.90 Å². The number of hydrogen-bond donors (Lipinski definition) is 0. The first kappa shape index (κ1) is 18.1. The highest BCUT2D eigenvalue weighted by atomic mass is 16.6. The summed E-state index contributed by atoms with van der Waals surface area (Å²) < 4.78 is 10.5. The second-order valence-electron chi connectivity index (χ2n) is 5.57. The van der Waals surface area contributed by atoms with Gasteiger partial charge in [0.15, 0.2) is 12.0 Å². The van der Waals surface area contributed by atoms with Crippen molar-refractivity contribution >= 4 is 23.8 Å². The van der Waals surface area contributed by atoms with Crippen molar-refractivity contribution in [2.45, 2.75) is 0 Å². The van der Waals surface area contributed by atoms with Crippen LogP contribution >= 0.6 is 0 Å². The SMILES string of the molecule is COc1c(OCCN2C(=O)c3ccccc3C2=O)ccc(C=O)c1[N+](=O)[O-]. The maximum Gasteiger partial charge on any atom is 0.325 e. The highest BCUT2D eigenvalue weighted by Crippen LogP contribution is 2.39. The van der Waals surface area contributed by atoms with E-state index in [1.54, 1.807) is 24.3 Å². The second-order valence-corrected chi connectivity index (χ2v) is 5.57. The molecule has 9 nitrogen and oxygen atoms in total. The number of fused-ring (bicyclic) bond motifs is 1. The van der Waals surface area contributed by atoms with Crippen molar-refractivity contribution in [3.8, 4) is 11.5 Å². The molecule has 0 spiro atoms. The van der Waals surface area contributed by atoms with Crippen molar-refractivity contribution in [1.82, 2.24) is 4.90 Å². The summed E-state index contributed by atoms with van der Waals surface area (Å²) in [6.07, 6.45) is 0.350. The third-order valence-electron chi connectivity index (χ3n) is 4.09. The zero-order valence-electron chi connectivity index (χ0n) is 14.2. The summed E-state index contributed by atoms with van der Waals surface area (Å²) in [6.45, 7) is -0.141. The Morgan fingerprint density at radius 3 is 2.26 bits per heavy atom. The van der Waals surface area contributed by atoms with Gasteiger partial charge in [-0.15, -0.1) is 0 Å². The Morgan fingerprint density at radius 2 is 1.74 bits per heavy atom. The van der Waals surface area contributed by atoms with Gasteiger partial charge in [-0.2, -0.15) is 0 Å². The molecule has 27 heavy (non-hydrogen) atoms. The number of imide groups is 1. The van der Waals surface area contributed by atoms with E-state index in [2.05, 4.69) is 0 Å². The largest absolute Gasteiger partial charge is 0.488 e. The lowest BCUT2D eigenvalue weighted by Crippen LogP contribution is -2.33. The number of amides is 2. The number of hydrogen-bond acceptors (Lipinski definition) is 7. The van der Waals surface area contributed by atoms with Crippen molar-refractivity contribution in [3.05, 3.63) is 63.2 Å². The van der Waals surface area contributed by atoms with Crippen molar-refractivity contribution in [1.29, 1.82) is 0 Å². The van der Waals surface area contributed by atoms with Gasteiger partial charge in [-0.25, -0.2) is 0 Å². The van der Waals surface area contributed by atoms with Crippen LogP contribution in [-0.4, -0.2) is 48.2 Å². The number of carbonyl (C=O) groups excluding carboxylic acids is 3. The first-order valence-electron chi connectivity index (χ1n) is 7.88. The molecule has 0 unspecified atom stereocenters. The zero-order valence-corrected chi connectivity index (χ0v) is 14.2. The van der Waals surface area contributed by atoms with Crippen LogP contribution in [0.3, 0.4) is 0 Å². The topological polar surface area (TPSA) is 116 Å². The number of ether oxygens (including phenoxy) is 2. The lowest BCUT2D eigenvalue weighted by molar-refractivity contribution is -0.386. The normalized spacial score (nSPS) is 12.7. The summed E-state index contributed by atoms with van der Waals surface area (Å²) in [5.41, 5.74) is -0.00705. The number of aldehydes is 1. The Morgan fingerprint density at radius 1 is 1.11 bits per heavy atom. The first-order valence-corrected chi connectivity index (χ1v) is 7.88. The van der Waals surface area contributed by atoms with Crippen molar-refractivity contribution < 1.29 is 28.8 Å². The van der Waals surface area contributed by atoms with Crippen LogP contribution in [0.15, 0.2) is 36.4 Å². The summed E-state index contributed by atoms with van der Waals surface area (Å²) in [5.74, 6) is -1.01. The molecule has 0 atom stereocenters. The van der Waals surface area contributed by atoms with Gasteiger partial charge in [0.1, 0.15) is 6.61 Å². The molecule has 9 heteroatoms. The number of carbonyl (C=O) groups is 3. The van der Waals surface area contributed by atoms with Crippen molar-refractivity contribution in [2.75, 3.05) is 20.3 Å². The minimum atomic E-state index is -0.737. The van der Waals surface area contributed by atoms with Crippen LogP contribution in [0.1, 0.15) is 31.1 Å². The van der Waals surface area contributed by atoms with E-state index >= 15 is 0 Å². The summed E-state index contributed by atoms with van der Waals surface area (Å²) in [7, 11) is 1.22. The van der Waals surface area contributed by atoms with E-state index in [0.29, 0.717) is 17.4 Å². The molecule has 138 valence electrons. The van der Waals surface area contributed by atoms with Gasteiger partial charge in [0, 0.05) is 0 Å². The van der Waals surface area contributed by atoms with Crippen LogP contribution in [0.2, 0.25) is 0 Å². The quantitative estimate of drug-likeness (QED) is 0.317.